The van der Waals surface area contributed by atoms with Crippen LogP contribution in [0, 0.1) is 0 Å². The third-order valence-corrected chi connectivity index (χ3v) is 3.90. The fraction of sp³-hybridized carbons (Fsp3) is 0.500. The monoisotopic (exact) mass is 296 g/mol. The standard InChI is InChI=1S/C14H20N2O3S/c1-9(2)16-11(14(15)17)8-20-10-3-4-12-13(7-10)19-6-5-18-12/h3-4,7,9,11,16H,5-6,8H2,1-2H3,(H2,15,17). The van der Waals surface area contributed by atoms with Gasteiger partial charge in [-0.25, -0.2) is 0 Å². The number of hydrogen-bond donors (Lipinski definition) is 2. The van der Waals surface area contributed by atoms with Crippen LogP contribution in [0.15, 0.2) is 23.1 Å². The molecule has 2 rings (SSSR count). The Morgan fingerprint density at radius 2 is 2.05 bits per heavy atom. The van der Waals surface area contributed by atoms with Crippen molar-refractivity contribution in [1.82, 2.24) is 5.32 Å². The van der Waals surface area contributed by atoms with Gasteiger partial charge in [0, 0.05) is 16.7 Å². The van der Waals surface area contributed by atoms with Crippen LogP contribution in [0.2, 0.25) is 0 Å². The topological polar surface area (TPSA) is 73.6 Å². The molecule has 6 heteroatoms. The number of carbonyl (C=O) groups is 1. The second kappa shape index (κ2) is 6.85. The molecule has 0 saturated carbocycles. The maximum absolute atomic E-state index is 11.4. The van der Waals surface area contributed by atoms with Gasteiger partial charge < -0.3 is 20.5 Å². The van der Waals surface area contributed by atoms with Crippen molar-refractivity contribution in [2.75, 3.05) is 19.0 Å². The van der Waals surface area contributed by atoms with Crippen molar-refractivity contribution in [1.29, 1.82) is 0 Å². The summed E-state index contributed by atoms with van der Waals surface area (Å²) in [4.78, 5) is 12.4. The molecule has 1 amide bonds. The van der Waals surface area contributed by atoms with E-state index in [0.29, 0.717) is 19.0 Å². The van der Waals surface area contributed by atoms with E-state index in [0.717, 1.165) is 16.4 Å². The number of hydrogen-bond acceptors (Lipinski definition) is 5. The molecular formula is C14H20N2O3S. The van der Waals surface area contributed by atoms with Crippen LogP contribution < -0.4 is 20.5 Å². The lowest BCUT2D eigenvalue weighted by molar-refractivity contribution is -0.119. The van der Waals surface area contributed by atoms with Gasteiger partial charge in [-0.2, -0.15) is 0 Å². The first-order valence-electron chi connectivity index (χ1n) is 6.64. The molecule has 110 valence electrons. The number of nitrogens with one attached hydrogen (secondary N) is 1. The Labute approximate surface area is 123 Å². The van der Waals surface area contributed by atoms with Crippen LogP contribution in [-0.4, -0.2) is 37.0 Å². The third kappa shape index (κ3) is 4.05. The molecule has 1 heterocycles. The van der Waals surface area contributed by atoms with Crippen LogP contribution in [0.25, 0.3) is 0 Å². The van der Waals surface area contributed by atoms with E-state index in [1.807, 2.05) is 32.0 Å². The van der Waals surface area contributed by atoms with E-state index >= 15 is 0 Å². The average Bonchev–Trinajstić information content (AvgIpc) is 2.42. The highest BCUT2D eigenvalue weighted by Crippen LogP contribution is 2.34. The fourth-order valence-electron chi connectivity index (χ4n) is 1.91. The molecular weight excluding hydrogens is 276 g/mol. The van der Waals surface area contributed by atoms with Crippen LogP contribution >= 0.6 is 11.8 Å². The van der Waals surface area contributed by atoms with Gasteiger partial charge in [-0.15, -0.1) is 11.8 Å². The van der Waals surface area contributed by atoms with Crippen molar-refractivity contribution in [2.24, 2.45) is 5.73 Å². The highest BCUT2D eigenvalue weighted by Gasteiger charge is 2.17. The SMILES string of the molecule is CC(C)NC(CSc1ccc2c(c1)OCCO2)C(N)=O. The van der Waals surface area contributed by atoms with E-state index in [-0.39, 0.29) is 18.0 Å². The van der Waals surface area contributed by atoms with E-state index in [4.69, 9.17) is 15.2 Å². The van der Waals surface area contributed by atoms with Crippen molar-refractivity contribution < 1.29 is 14.3 Å². The summed E-state index contributed by atoms with van der Waals surface area (Å²) in [6.45, 7) is 5.14. The maximum Gasteiger partial charge on any atom is 0.235 e. The Bertz CT molecular complexity index is 479. The smallest absolute Gasteiger partial charge is 0.235 e. The first kappa shape index (κ1) is 15.0. The van der Waals surface area contributed by atoms with Crippen LogP contribution in [0.5, 0.6) is 11.5 Å². The molecule has 1 unspecified atom stereocenters. The number of fused-ring (bicyclic) bond motifs is 1. The molecule has 0 radical (unpaired) electrons. The van der Waals surface area contributed by atoms with Crippen molar-refractivity contribution >= 4 is 17.7 Å². The summed E-state index contributed by atoms with van der Waals surface area (Å²) in [5.74, 6) is 1.79. The molecule has 0 spiro atoms. The molecule has 3 N–H and O–H groups in total. The molecule has 5 nitrogen and oxygen atoms in total. The van der Waals surface area contributed by atoms with Crippen LogP contribution in [0.3, 0.4) is 0 Å². The number of benzene rings is 1. The van der Waals surface area contributed by atoms with E-state index in [9.17, 15) is 4.79 Å². The predicted octanol–water partition coefficient (Wildman–Crippen LogP) is 1.40. The quantitative estimate of drug-likeness (QED) is 0.776. The second-order valence-electron chi connectivity index (χ2n) is 4.89. The number of carbonyl (C=O) groups excluding carboxylic acids is 1. The number of thioether (sulfide) groups is 1. The number of amides is 1. The van der Waals surface area contributed by atoms with Gasteiger partial charge in [-0.1, -0.05) is 13.8 Å². The average molecular weight is 296 g/mol. The zero-order valence-corrected chi connectivity index (χ0v) is 12.5. The summed E-state index contributed by atoms with van der Waals surface area (Å²) >= 11 is 1.57. The molecule has 0 saturated heterocycles. The first-order valence-corrected chi connectivity index (χ1v) is 7.62. The Morgan fingerprint density at radius 1 is 1.35 bits per heavy atom. The summed E-state index contributed by atoms with van der Waals surface area (Å²) in [5.41, 5.74) is 5.40. The summed E-state index contributed by atoms with van der Waals surface area (Å²) < 4.78 is 11.0. The van der Waals surface area contributed by atoms with E-state index in [1.165, 1.54) is 0 Å². The summed E-state index contributed by atoms with van der Waals surface area (Å²) in [7, 11) is 0. The van der Waals surface area contributed by atoms with Gasteiger partial charge >= 0.3 is 0 Å². The molecule has 1 aromatic rings. The maximum atomic E-state index is 11.4. The lowest BCUT2D eigenvalue weighted by Gasteiger charge is -2.20. The first-order chi connectivity index (χ1) is 9.56. The zero-order chi connectivity index (χ0) is 14.5. The summed E-state index contributed by atoms with van der Waals surface area (Å²) in [6, 6.07) is 5.67. The summed E-state index contributed by atoms with van der Waals surface area (Å²) in [5, 5.41) is 3.16. The van der Waals surface area contributed by atoms with Crippen molar-refractivity contribution in [3.63, 3.8) is 0 Å². The van der Waals surface area contributed by atoms with E-state index < -0.39 is 0 Å². The normalized spacial score (nSPS) is 15.2. The molecule has 0 aliphatic carbocycles. The molecule has 0 bridgehead atoms. The Morgan fingerprint density at radius 3 is 2.70 bits per heavy atom. The van der Waals surface area contributed by atoms with E-state index in [1.54, 1.807) is 11.8 Å². The molecule has 1 atom stereocenters. The number of rotatable bonds is 6. The van der Waals surface area contributed by atoms with E-state index in [2.05, 4.69) is 5.32 Å². The minimum atomic E-state index is -0.340. The zero-order valence-electron chi connectivity index (χ0n) is 11.7. The van der Waals surface area contributed by atoms with Gasteiger partial charge in [-0.3, -0.25) is 4.79 Å². The highest BCUT2D eigenvalue weighted by molar-refractivity contribution is 7.99. The Kier molecular flexibility index (Phi) is 5.14. The molecule has 20 heavy (non-hydrogen) atoms. The van der Waals surface area contributed by atoms with Gasteiger partial charge in [-0.05, 0) is 18.2 Å². The van der Waals surface area contributed by atoms with Crippen molar-refractivity contribution in [3.8, 4) is 11.5 Å². The van der Waals surface area contributed by atoms with Gasteiger partial charge in [0.05, 0.1) is 6.04 Å². The molecule has 1 aliphatic rings. The van der Waals surface area contributed by atoms with Crippen molar-refractivity contribution in [3.05, 3.63) is 18.2 Å². The molecule has 0 aromatic heterocycles. The van der Waals surface area contributed by atoms with Crippen LogP contribution in [-0.2, 0) is 4.79 Å². The summed E-state index contributed by atoms with van der Waals surface area (Å²) in [6.07, 6.45) is 0. The highest BCUT2D eigenvalue weighted by atomic mass is 32.2. The Balaban J connectivity index is 1.97. The number of nitrogens with two attached hydrogens (primary N) is 1. The Hall–Kier alpha value is -1.40. The lowest BCUT2D eigenvalue weighted by Crippen LogP contribution is -2.46. The lowest BCUT2D eigenvalue weighted by atomic mass is 10.3. The second-order valence-corrected chi connectivity index (χ2v) is 5.99. The molecule has 0 fully saturated rings. The van der Waals surface area contributed by atoms with Crippen LogP contribution in [0.1, 0.15) is 13.8 Å². The van der Waals surface area contributed by atoms with Gasteiger partial charge in [0.2, 0.25) is 5.91 Å². The largest absolute Gasteiger partial charge is 0.486 e. The van der Waals surface area contributed by atoms with Gasteiger partial charge in [0.25, 0.3) is 0 Å². The molecule has 1 aliphatic heterocycles. The third-order valence-electron chi connectivity index (χ3n) is 2.81. The fourth-order valence-corrected chi connectivity index (χ4v) is 2.88. The van der Waals surface area contributed by atoms with Crippen molar-refractivity contribution in [2.45, 2.75) is 30.8 Å². The van der Waals surface area contributed by atoms with Crippen LogP contribution in [0.4, 0.5) is 0 Å². The minimum Gasteiger partial charge on any atom is -0.486 e. The number of primary amides is 1. The molecule has 1 aromatic carbocycles. The van der Waals surface area contributed by atoms with Gasteiger partial charge in [0.15, 0.2) is 11.5 Å². The minimum absolute atomic E-state index is 0.216. The number of ether oxygens (including phenoxy) is 2. The van der Waals surface area contributed by atoms with Gasteiger partial charge in [0.1, 0.15) is 13.2 Å². The predicted molar refractivity (Wildman–Crippen MR) is 79.4 cm³/mol.